The summed E-state index contributed by atoms with van der Waals surface area (Å²) < 4.78 is 1.33. The molecule has 0 saturated heterocycles. The first-order valence-corrected chi connectivity index (χ1v) is 4.25. The summed E-state index contributed by atoms with van der Waals surface area (Å²) in [6.45, 7) is 1.16. The summed E-state index contributed by atoms with van der Waals surface area (Å²) in [5, 5.41) is 0. The van der Waals surface area contributed by atoms with Gasteiger partial charge in [0.1, 0.15) is 5.82 Å². The zero-order valence-corrected chi connectivity index (χ0v) is 8.28. The molecular weight excluding hydrogens is 184 g/mol. The highest BCUT2D eigenvalue weighted by Gasteiger charge is 2.02. The van der Waals surface area contributed by atoms with Crippen LogP contribution < -0.4 is 17.0 Å². The van der Waals surface area contributed by atoms with Gasteiger partial charge in [-0.2, -0.15) is 0 Å². The van der Waals surface area contributed by atoms with E-state index in [1.165, 1.54) is 10.6 Å². The Morgan fingerprint density at radius 1 is 1.50 bits per heavy atom. The third kappa shape index (κ3) is 2.46. The fraction of sp³-hybridized carbons (Fsp3) is 0.500. The van der Waals surface area contributed by atoms with Gasteiger partial charge in [-0.15, -0.1) is 0 Å². The van der Waals surface area contributed by atoms with E-state index in [1.54, 1.807) is 0 Å². The second-order valence-electron chi connectivity index (χ2n) is 3.32. The van der Waals surface area contributed by atoms with Crippen LogP contribution in [0, 0.1) is 0 Å². The lowest BCUT2D eigenvalue weighted by Gasteiger charge is -2.12. The van der Waals surface area contributed by atoms with E-state index in [4.69, 9.17) is 5.73 Å². The van der Waals surface area contributed by atoms with Gasteiger partial charge in [0.15, 0.2) is 0 Å². The van der Waals surface area contributed by atoms with Crippen molar-refractivity contribution in [1.29, 1.82) is 0 Å². The van der Waals surface area contributed by atoms with Crippen molar-refractivity contribution in [2.45, 2.75) is 6.54 Å². The molecule has 0 bridgehead atoms. The fourth-order valence-electron chi connectivity index (χ4n) is 1.07. The molecule has 0 atom stereocenters. The van der Waals surface area contributed by atoms with Crippen LogP contribution in [0.15, 0.2) is 15.7 Å². The maximum atomic E-state index is 11.3. The summed E-state index contributed by atoms with van der Waals surface area (Å²) in [6.07, 6.45) is 0. The number of likely N-dealkylation sites (N-methyl/N-ethyl adjacent to an activating group) is 1. The van der Waals surface area contributed by atoms with Crippen molar-refractivity contribution in [3.63, 3.8) is 0 Å². The average Bonchev–Trinajstić information content (AvgIpc) is 2.01. The molecule has 0 aliphatic heterocycles. The van der Waals surface area contributed by atoms with Gasteiger partial charge >= 0.3 is 5.69 Å². The van der Waals surface area contributed by atoms with Gasteiger partial charge in [-0.05, 0) is 14.1 Å². The molecule has 1 heterocycles. The second kappa shape index (κ2) is 4.10. The number of aromatic amines is 1. The smallest absolute Gasteiger partial charge is 0.329 e. The van der Waals surface area contributed by atoms with Crippen LogP contribution in [0.4, 0.5) is 5.82 Å². The minimum Gasteiger partial charge on any atom is -0.385 e. The van der Waals surface area contributed by atoms with Crippen molar-refractivity contribution in [3.05, 3.63) is 26.9 Å². The molecule has 0 saturated carbocycles. The Morgan fingerprint density at radius 2 is 2.14 bits per heavy atom. The molecule has 78 valence electrons. The Bertz CT molecular complexity index is 418. The average molecular weight is 198 g/mol. The van der Waals surface area contributed by atoms with Crippen molar-refractivity contribution in [2.24, 2.45) is 0 Å². The van der Waals surface area contributed by atoms with Crippen LogP contribution >= 0.6 is 0 Å². The molecule has 0 amide bonds. The zero-order chi connectivity index (χ0) is 10.7. The molecule has 14 heavy (non-hydrogen) atoms. The van der Waals surface area contributed by atoms with E-state index in [9.17, 15) is 9.59 Å². The van der Waals surface area contributed by atoms with E-state index in [0.717, 1.165) is 0 Å². The highest BCUT2D eigenvalue weighted by molar-refractivity contribution is 5.25. The Hall–Kier alpha value is -1.56. The number of hydrogen-bond donors (Lipinski definition) is 2. The lowest BCUT2D eigenvalue weighted by atomic mass is 10.5. The van der Waals surface area contributed by atoms with E-state index >= 15 is 0 Å². The third-order valence-electron chi connectivity index (χ3n) is 1.84. The summed E-state index contributed by atoms with van der Waals surface area (Å²) >= 11 is 0. The second-order valence-corrected chi connectivity index (χ2v) is 3.32. The number of nitrogen functional groups attached to an aromatic ring is 1. The molecule has 1 aromatic heterocycles. The number of rotatable bonds is 3. The van der Waals surface area contributed by atoms with Gasteiger partial charge in [-0.1, -0.05) is 0 Å². The predicted octanol–water partition coefficient (Wildman–Crippen LogP) is -1.32. The Morgan fingerprint density at radius 3 is 2.64 bits per heavy atom. The van der Waals surface area contributed by atoms with Crippen molar-refractivity contribution in [1.82, 2.24) is 14.5 Å². The van der Waals surface area contributed by atoms with E-state index in [1.807, 2.05) is 19.0 Å². The monoisotopic (exact) mass is 198 g/mol. The first kappa shape index (κ1) is 10.5. The van der Waals surface area contributed by atoms with Crippen molar-refractivity contribution in [3.8, 4) is 0 Å². The van der Waals surface area contributed by atoms with E-state index < -0.39 is 11.2 Å². The predicted molar refractivity (Wildman–Crippen MR) is 54.3 cm³/mol. The molecule has 0 fully saturated rings. The van der Waals surface area contributed by atoms with Gasteiger partial charge in [0.25, 0.3) is 5.56 Å². The number of hydrogen-bond acceptors (Lipinski definition) is 4. The van der Waals surface area contributed by atoms with Crippen LogP contribution in [0.5, 0.6) is 0 Å². The minimum atomic E-state index is -0.464. The highest BCUT2D eigenvalue weighted by Crippen LogP contribution is 1.92. The molecule has 3 N–H and O–H groups in total. The molecule has 1 rings (SSSR count). The number of aromatic nitrogens is 2. The number of H-pyrrole nitrogens is 1. The van der Waals surface area contributed by atoms with Crippen molar-refractivity contribution in [2.75, 3.05) is 26.4 Å². The van der Waals surface area contributed by atoms with Gasteiger partial charge in [0.05, 0.1) is 0 Å². The van der Waals surface area contributed by atoms with Crippen LogP contribution in [0.25, 0.3) is 0 Å². The van der Waals surface area contributed by atoms with Gasteiger partial charge < -0.3 is 10.6 Å². The lowest BCUT2D eigenvalue weighted by molar-refractivity contribution is 0.380. The molecule has 0 spiro atoms. The SMILES string of the molecule is CN(C)CCn1c(N)cc(=O)[nH]c1=O. The third-order valence-corrected chi connectivity index (χ3v) is 1.84. The summed E-state index contributed by atoms with van der Waals surface area (Å²) in [7, 11) is 3.79. The normalized spacial score (nSPS) is 10.8. The molecule has 0 aliphatic rings. The van der Waals surface area contributed by atoms with Crippen LogP contribution in [-0.4, -0.2) is 35.1 Å². The van der Waals surface area contributed by atoms with E-state index in [0.29, 0.717) is 13.1 Å². The first-order valence-electron chi connectivity index (χ1n) is 4.25. The van der Waals surface area contributed by atoms with Gasteiger partial charge in [-0.3, -0.25) is 14.3 Å². The Balaban J connectivity index is 2.98. The number of nitrogens with two attached hydrogens (primary N) is 1. The quantitative estimate of drug-likeness (QED) is 0.631. The Labute approximate surface area is 81.0 Å². The molecule has 0 radical (unpaired) electrons. The molecule has 6 nitrogen and oxygen atoms in total. The summed E-state index contributed by atoms with van der Waals surface area (Å²) in [4.78, 5) is 26.2. The molecule has 0 aromatic carbocycles. The first-order chi connectivity index (χ1) is 6.50. The molecule has 0 unspecified atom stereocenters. The largest absolute Gasteiger partial charge is 0.385 e. The Kier molecular flexibility index (Phi) is 3.08. The van der Waals surface area contributed by atoms with Crippen LogP contribution in [-0.2, 0) is 6.54 Å². The minimum absolute atomic E-state index is 0.195. The molecular formula is C8H14N4O2. The van der Waals surface area contributed by atoms with Crippen molar-refractivity contribution >= 4 is 5.82 Å². The van der Waals surface area contributed by atoms with Crippen LogP contribution in [0.1, 0.15) is 0 Å². The lowest BCUT2D eigenvalue weighted by Crippen LogP contribution is -2.34. The molecule has 6 heteroatoms. The fourth-order valence-corrected chi connectivity index (χ4v) is 1.07. The molecule has 1 aromatic rings. The zero-order valence-electron chi connectivity index (χ0n) is 8.28. The van der Waals surface area contributed by atoms with Crippen molar-refractivity contribution < 1.29 is 0 Å². The van der Waals surface area contributed by atoms with Gasteiger partial charge in [0, 0.05) is 19.2 Å². The van der Waals surface area contributed by atoms with Crippen LogP contribution in [0.2, 0.25) is 0 Å². The summed E-state index contributed by atoms with van der Waals surface area (Å²) in [6, 6.07) is 1.21. The number of nitrogens with zero attached hydrogens (tertiary/aromatic N) is 2. The van der Waals surface area contributed by atoms with Crippen LogP contribution in [0.3, 0.4) is 0 Å². The van der Waals surface area contributed by atoms with Gasteiger partial charge in [-0.25, -0.2) is 4.79 Å². The number of nitrogens with one attached hydrogen (secondary N) is 1. The standard InChI is InChI=1S/C8H14N4O2/c1-11(2)3-4-12-6(9)5-7(13)10-8(12)14/h5H,3-4,9H2,1-2H3,(H,10,13,14). The van der Waals surface area contributed by atoms with Gasteiger partial charge in [0.2, 0.25) is 0 Å². The molecule has 0 aliphatic carbocycles. The summed E-state index contributed by atoms with van der Waals surface area (Å²) in [5.41, 5.74) is 4.61. The maximum Gasteiger partial charge on any atom is 0.329 e. The maximum absolute atomic E-state index is 11.3. The number of anilines is 1. The summed E-state index contributed by atoms with van der Waals surface area (Å²) in [5.74, 6) is 0.195. The van der Waals surface area contributed by atoms with E-state index in [-0.39, 0.29) is 5.82 Å². The topological polar surface area (TPSA) is 84.1 Å². The van der Waals surface area contributed by atoms with E-state index in [2.05, 4.69) is 4.98 Å². The highest BCUT2D eigenvalue weighted by atomic mass is 16.2.